The minimum Gasteiger partial charge on any atom is -0.354 e. The van der Waals surface area contributed by atoms with Crippen LogP contribution in [0.2, 0.25) is 0 Å². The smallest absolute Gasteiger partial charge is 0.185 e. The Morgan fingerprint density at radius 2 is 2.13 bits per heavy atom. The molecule has 0 radical (unpaired) electrons. The fraction of sp³-hybridized carbons (Fsp3) is 0.182. The lowest BCUT2D eigenvalue weighted by Gasteiger charge is -2.05. The van der Waals surface area contributed by atoms with E-state index in [1.54, 1.807) is 23.6 Å². The monoisotopic (exact) mass is 222 g/mol. The Kier molecular flexibility index (Phi) is 2.68. The first-order valence-corrected chi connectivity index (χ1v) is 5.37. The van der Waals surface area contributed by atoms with Crippen molar-refractivity contribution in [3.63, 3.8) is 0 Å². The minimum atomic E-state index is -0.215. The molecule has 2 nitrogen and oxygen atoms in total. The van der Waals surface area contributed by atoms with Crippen molar-refractivity contribution < 1.29 is 4.39 Å². The van der Waals surface area contributed by atoms with Gasteiger partial charge in [-0.3, -0.25) is 0 Å². The second-order valence-corrected chi connectivity index (χ2v) is 4.42. The van der Waals surface area contributed by atoms with Crippen LogP contribution in [-0.4, -0.2) is 19.1 Å². The van der Waals surface area contributed by atoms with Crippen LogP contribution in [-0.2, 0) is 0 Å². The minimum absolute atomic E-state index is 0.215. The molecule has 0 amide bonds. The Balaban J connectivity index is 2.37. The van der Waals surface area contributed by atoms with Crippen LogP contribution in [0.25, 0.3) is 10.4 Å². The first kappa shape index (κ1) is 10.1. The molecule has 2 aromatic rings. The van der Waals surface area contributed by atoms with Crippen molar-refractivity contribution in [2.75, 3.05) is 19.0 Å². The Morgan fingerprint density at radius 3 is 2.73 bits per heavy atom. The van der Waals surface area contributed by atoms with Crippen LogP contribution in [0.1, 0.15) is 0 Å². The van der Waals surface area contributed by atoms with Crippen LogP contribution < -0.4 is 4.90 Å². The standard InChI is InChI=1S/C11H11FN2S/c1-14(2)11-13-7-10(15-11)8-4-3-5-9(12)6-8/h3-7H,1-2H3. The highest BCUT2D eigenvalue weighted by atomic mass is 32.1. The molecule has 0 aliphatic heterocycles. The van der Waals surface area contributed by atoms with Crippen LogP contribution in [0, 0.1) is 5.82 Å². The van der Waals surface area contributed by atoms with Gasteiger partial charge in [0.2, 0.25) is 0 Å². The van der Waals surface area contributed by atoms with E-state index in [9.17, 15) is 4.39 Å². The summed E-state index contributed by atoms with van der Waals surface area (Å²) in [4.78, 5) is 7.17. The molecule has 1 heterocycles. The van der Waals surface area contributed by atoms with Gasteiger partial charge in [-0.05, 0) is 17.7 Å². The summed E-state index contributed by atoms with van der Waals surface area (Å²) in [5.41, 5.74) is 0.876. The number of hydrogen-bond acceptors (Lipinski definition) is 3. The van der Waals surface area contributed by atoms with E-state index >= 15 is 0 Å². The zero-order valence-corrected chi connectivity index (χ0v) is 9.38. The molecule has 78 valence electrons. The van der Waals surface area contributed by atoms with Crippen molar-refractivity contribution in [2.24, 2.45) is 0 Å². The highest BCUT2D eigenvalue weighted by molar-refractivity contribution is 7.18. The normalized spacial score (nSPS) is 10.3. The van der Waals surface area contributed by atoms with Crippen LogP contribution >= 0.6 is 11.3 Å². The molecule has 4 heteroatoms. The Bertz CT molecular complexity index is 465. The van der Waals surface area contributed by atoms with Crippen LogP contribution in [0.5, 0.6) is 0 Å². The quantitative estimate of drug-likeness (QED) is 0.776. The van der Waals surface area contributed by atoms with E-state index in [4.69, 9.17) is 0 Å². The summed E-state index contributed by atoms with van der Waals surface area (Å²) < 4.78 is 13.0. The SMILES string of the molecule is CN(C)c1ncc(-c2cccc(F)c2)s1. The van der Waals surface area contributed by atoms with E-state index in [1.807, 2.05) is 25.1 Å². The molecule has 0 saturated heterocycles. The van der Waals surface area contributed by atoms with Crippen molar-refractivity contribution >= 4 is 16.5 Å². The third-order valence-corrected chi connectivity index (χ3v) is 3.20. The average molecular weight is 222 g/mol. The van der Waals surface area contributed by atoms with Crippen molar-refractivity contribution in [3.05, 3.63) is 36.3 Å². The molecule has 15 heavy (non-hydrogen) atoms. The largest absolute Gasteiger partial charge is 0.354 e. The third-order valence-electron chi connectivity index (χ3n) is 1.99. The number of anilines is 1. The van der Waals surface area contributed by atoms with Crippen molar-refractivity contribution in [1.82, 2.24) is 4.98 Å². The third kappa shape index (κ3) is 2.15. The number of benzene rings is 1. The average Bonchev–Trinajstić information content (AvgIpc) is 2.66. The van der Waals surface area contributed by atoms with E-state index in [0.717, 1.165) is 15.6 Å². The van der Waals surface area contributed by atoms with Gasteiger partial charge < -0.3 is 4.90 Å². The predicted molar refractivity (Wildman–Crippen MR) is 61.8 cm³/mol. The molecule has 0 fully saturated rings. The molecule has 0 aliphatic carbocycles. The highest BCUT2D eigenvalue weighted by Crippen LogP contribution is 2.30. The first-order valence-electron chi connectivity index (χ1n) is 4.56. The molecular formula is C11H11FN2S. The summed E-state index contributed by atoms with van der Waals surface area (Å²) in [7, 11) is 3.88. The highest BCUT2D eigenvalue weighted by Gasteiger charge is 2.05. The Morgan fingerprint density at radius 1 is 1.33 bits per heavy atom. The van der Waals surface area contributed by atoms with Gasteiger partial charge in [-0.2, -0.15) is 0 Å². The van der Waals surface area contributed by atoms with Gasteiger partial charge in [0.15, 0.2) is 5.13 Å². The summed E-state index contributed by atoms with van der Waals surface area (Å²) in [5.74, 6) is -0.215. The van der Waals surface area contributed by atoms with Crippen molar-refractivity contribution in [1.29, 1.82) is 0 Å². The lowest BCUT2D eigenvalue weighted by molar-refractivity contribution is 0.628. The number of nitrogens with zero attached hydrogens (tertiary/aromatic N) is 2. The summed E-state index contributed by atoms with van der Waals surface area (Å²) in [5, 5.41) is 0.925. The number of halogens is 1. The van der Waals surface area contributed by atoms with Crippen LogP contribution in [0.15, 0.2) is 30.5 Å². The number of rotatable bonds is 2. The summed E-state index contributed by atoms with van der Waals surface area (Å²) >= 11 is 1.55. The maximum Gasteiger partial charge on any atom is 0.185 e. The lowest BCUT2D eigenvalue weighted by atomic mass is 10.2. The van der Waals surface area contributed by atoms with Crippen LogP contribution in [0.4, 0.5) is 9.52 Å². The van der Waals surface area contributed by atoms with E-state index in [2.05, 4.69) is 4.98 Å². The molecule has 0 aliphatic rings. The van der Waals surface area contributed by atoms with Gasteiger partial charge >= 0.3 is 0 Å². The summed E-state index contributed by atoms with van der Waals surface area (Å²) in [6.45, 7) is 0. The Hall–Kier alpha value is -1.42. The fourth-order valence-corrected chi connectivity index (χ4v) is 2.08. The second kappa shape index (κ2) is 3.98. The van der Waals surface area contributed by atoms with Gasteiger partial charge in [0, 0.05) is 20.3 Å². The van der Waals surface area contributed by atoms with Gasteiger partial charge in [0.1, 0.15) is 5.82 Å². The molecule has 1 aromatic carbocycles. The zero-order valence-electron chi connectivity index (χ0n) is 8.57. The topological polar surface area (TPSA) is 16.1 Å². The van der Waals surface area contributed by atoms with Gasteiger partial charge in [0.25, 0.3) is 0 Å². The molecule has 1 aromatic heterocycles. The van der Waals surface area contributed by atoms with Gasteiger partial charge in [-0.25, -0.2) is 9.37 Å². The number of aromatic nitrogens is 1. The summed E-state index contributed by atoms with van der Waals surface area (Å²) in [6.07, 6.45) is 1.77. The molecule has 0 unspecified atom stereocenters. The Labute approximate surface area is 92.0 Å². The molecule has 2 rings (SSSR count). The first-order chi connectivity index (χ1) is 7.16. The fourth-order valence-electron chi connectivity index (χ4n) is 1.25. The van der Waals surface area contributed by atoms with Gasteiger partial charge in [-0.15, -0.1) is 0 Å². The molecule has 0 spiro atoms. The molecule has 0 atom stereocenters. The molecular weight excluding hydrogens is 211 g/mol. The van der Waals surface area contributed by atoms with Crippen LogP contribution in [0.3, 0.4) is 0 Å². The van der Waals surface area contributed by atoms with E-state index in [0.29, 0.717) is 0 Å². The van der Waals surface area contributed by atoms with E-state index in [-0.39, 0.29) is 5.82 Å². The maximum atomic E-state index is 13.0. The predicted octanol–water partition coefficient (Wildman–Crippen LogP) is 3.02. The number of hydrogen-bond donors (Lipinski definition) is 0. The molecule has 0 saturated carbocycles. The second-order valence-electron chi connectivity index (χ2n) is 3.41. The van der Waals surface area contributed by atoms with Gasteiger partial charge in [0.05, 0.1) is 4.88 Å². The number of thiazole rings is 1. The molecule has 0 N–H and O–H groups in total. The van der Waals surface area contributed by atoms with Crippen molar-refractivity contribution in [2.45, 2.75) is 0 Å². The maximum absolute atomic E-state index is 13.0. The van der Waals surface area contributed by atoms with Gasteiger partial charge in [-0.1, -0.05) is 23.5 Å². The van der Waals surface area contributed by atoms with Crippen molar-refractivity contribution in [3.8, 4) is 10.4 Å². The lowest BCUT2D eigenvalue weighted by Crippen LogP contribution is -2.07. The molecule has 0 bridgehead atoms. The summed E-state index contributed by atoms with van der Waals surface area (Å²) in [6, 6.07) is 6.56. The zero-order chi connectivity index (χ0) is 10.8. The van der Waals surface area contributed by atoms with E-state index < -0.39 is 0 Å². The van der Waals surface area contributed by atoms with E-state index in [1.165, 1.54) is 12.1 Å².